The van der Waals surface area contributed by atoms with Gasteiger partial charge in [-0.05, 0) is 55.7 Å². The van der Waals surface area contributed by atoms with Crippen LogP contribution in [0.15, 0.2) is 59.5 Å². The number of halogens is 1. The van der Waals surface area contributed by atoms with Crippen molar-refractivity contribution in [3.63, 3.8) is 0 Å². The summed E-state index contributed by atoms with van der Waals surface area (Å²) in [6.45, 7) is 4.03. The highest BCUT2D eigenvalue weighted by Crippen LogP contribution is 2.33. The Morgan fingerprint density at radius 1 is 0.969 bits per heavy atom. The van der Waals surface area contributed by atoms with Crippen LogP contribution in [-0.4, -0.2) is 37.0 Å². The van der Waals surface area contributed by atoms with Crippen LogP contribution >= 0.6 is 0 Å². The first-order chi connectivity index (χ1) is 15.2. The van der Waals surface area contributed by atoms with Crippen molar-refractivity contribution in [2.45, 2.75) is 43.0 Å². The SMILES string of the molecule is C=C1CCCC(=O)CCC1N1C(=O)c2ccc(NS(=O)(=O)c3cccc(F)c3)cc2C1=O. The van der Waals surface area contributed by atoms with Gasteiger partial charge in [0.2, 0.25) is 0 Å². The quantitative estimate of drug-likeness (QED) is 0.559. The van der Waals surface area contributed by atoms with E-state index in [-0.39, 0.29) is 33.9 Å². The number of carbonyl (C=O) groups is 3. The number of rotatable bonds is 4. The molecule has 0 radical (unpaired) electrons. The summed E-state index contributed by atoms with van der Waals surface area (Å²) in [5, 5.41) is 0. The van der Waals surface area contributed by atoms with E-state index in [0.29, 0.717) is 25.7 Å². The molecule has 2 aromatic carbocycles. The molecule has 2 aliphatic rings. The number of Topliss-reactive ketones (excluding diaryl/α,β-unsaturated/α-hetero) is 1. The summed E-state index contributed by atoms with van der Waals surface area (Å²) in [6, 6.07) is 8.01. The fourth-order valence-electron chi connectivity index (χ4n) is 4.07. The molecule has 1 unspecified atom stereocenters. The molecule has 0 bridgehead atoms. The molecule has 1 aliphatic heterocycles. The van der Waals surface area contributed by atoms with E-state index in [9.17, 15) is 27.2 Å². The van der Waals surface area contributed by atoms with Crippen molar-refractivity contribution < 1.29 is 27.2 Å². The highest BCUT2D eigenvalue weighted by atomic mass is 32.2. The molecule has 1 saturated carbocycles. The van der Waals surface area contributed by atoms with Gasteiger partial charge in [0, 0.05) is 18.5 Å². The van der Waals surface area contributed by atoms with Crippen molar-refractivity contribution >= 4 is 33.3 Å². The topological polar surface area (TPSA) is 101 Å². The number of sulfonamides is 1. The molecule has 1 heterocycles. The molecule has 0 spiro atoms. The maximum Gasteiger partial charge on any atom is 0.262 e. The minimum atomic E-state index is -4.09. The van der Waals surface area contributed by atoms with E-state index >= 15 is 0 Å². The van der Waals surface area contributed by atoms with Gasteiger partial charge in [0.25, 0.3) is 21.8 Å². The van der Waals surface area contributed by atoms with Crippen molar-refractivity contribution in [1.29, 1.82) is 0 Å². The number of hydrogen-bond acceptors (Lipinski definition) is 5. The first kappa shape index (κ1) is 21.9. The lowest BCUT2D eigenvalue weighted by molar-refractivity contribution is -0.119. The van der Waals surface area contributed by atoms with Crippen molar-refractivity contribution in [3.8, 4) is 0 Å². The predicted octanol–water partition coefficient (Wildman–Crippen LogP) is 3.68. The highest BCUT2D eigenvalue weighted by molar-refractivity contribution is 7.92. The van der Waals surface area contributed by atoms with E-state index < -0.39 is 33.7 Å². The number of nitrogens with zero attached hydrogens (tertiary/aromatic N) is 1. The number of carbonyl (C=O) groups excluding carboxylic acids is 3. The summed E-state index contributed by atoms with van der Waals surface area (Å²) in [4.78, 5) is 38.9. The van der Waals surface area contributed by atoms with Crippen LogP contribution in [0.3, 0.4) is 0 Å². The third kappa shape index (κ3) is 4.08. The molecule has 32 heavy (non-hydrogen) atoms. The molecular formula is C23H21FN2O5S. The molecule has 1 atom stereocenters. The van der Waals surface area contributed by atoms with Crippen LogP contribution < -0.4 is 4.72 Å². The van der Waals surface area contributed by atoms with Crippen molar-refractivity contribution in [1.82, 2.24) is 4.90 Å². The Balaban J connectivity index is 1.61. The van der Waals surface area contributed by atoms with Crippen LogP contribution in [0, 0.1) is 5.82 Å². The Kier molecular flexibility index (Phi) is 5.68. The number of imide groups is 1. The van der Waals surface area contributed by atoms with Gasteiger partial charge in [-0.2, -0.15) is 0 Å². The fourth-order valence-corrected chi connectivity index (χ4v) is 5.15. The van der Waals surface area contributed by atoms with Gasteiger partial charge in [0.05, 0.1) is 22.1 Å². The molecule has 9 heteroatoms. The zero-order valence-corrected chi connectivity index (χ0v) is 18.0. The lowest BCUT2D eigenvalue weighted by Crippen LogP contribution is -2.41. The third-order valence-electron chi connectivity index (χ3n) is 5.71. The van der Waals surface area contributed by atoms with Gasteiger partial charge in [-0.25, -0.2) is 12.8 Å². The van der Waals surface area contributed by atoms with Gasteiger partial charge in [-0.3, -0.25) is 24.0 Å². The van der Waals surface area contributed by atoms with Gasteiger partial charge in [0.1, 0.15) is 11.6 Å². The first-order valence-electron chi connectivity index (χ1n) is 10.2. The molecule has 1 fully saturated rings. The minimum absolute atomic E-state index is 0.0654. The standard InChI is InChI=1S/C23H21FN2O5S/c1-14-4-2-6-17(27)9-11-21(14)26-22(28)19-10-8-16(13-20(19)23(26)29)25-32(30,31)18-7-3-5-15(24)12-18/h3,5,7-8,10,12-13,21,25H,1-2,4,6,9,11H2. The summed E-state index contributed by atoms with van der Waals surface area (Å²) in [6.07, 6.45) is 2.21. The Hall–Kier alpha value is -3.33. The number of ketones is 1. The molecule has 0 aromatic heterocycles. The van der Waals surface area contributed by atoms with Crippen LogP contribution in [0.1, 0.15) is 52.8 Å². The number of fused-ring (bicyclic) bond motifs is 1. The zero-order valence-electron chi connectivity index (χ0n) is 17.1. The summed E-state index contributed by atoms with van der Waals surface area (Å²) in [7, 11) is -4.09. The average Bonchev–Trinajstić information content (AvgIpc) is 2.97. The number of amides is 2. The second-order valence-electron chi connectivity index (χ2n) is 7.91. The van der Waals surface area contributed by atoms with E-state index in [0.717, 1.165) is 22.6 Å². The summed E-state index contributed by atoms with van der Waals surface area (Å²) >= 11 is 0. The fraction of sp³-hybridized carbons (Fsp3) is 0.261. The van der Waals surface area contributed by atoms with Crippen LogP contribution in [-0.2, 0) is 14.8 Å². The molecular weight excluding hydrogens is 435 g/mol. The van der Waals surface area contributed by atoms with Gasteiger partial charge >= 0.3 is 0 Å². The van der Waals surface area contributed by atoms with Crippen LogP contribution in [0.2, 0.25) is 0 Å². The smallest absolute Gasteiger partial charge is 0.262 e. The largest absolute Gasteiger partial charge is 0.300 e. The average molecular weight is 456 g/mol. The van der Waals surface area contributed by atoms with Gasteiger partial charge in [0.15, 0.2) is 0 Å². The number of benzene rings is 2. The number of hydrogen-bond donors (Lipinski definition) is 1. The van der Waals surface area contributed by atoms with E-state index in [1.165, 1.54) is 30.3 Å². The number of nitrogens with one attached hydrogen (secondary N) is 1. The van der Waals surface area contributed by atoms with Crippen molar-refractivity contribution in [2.75, 3.05) is 4.72 Å². The lowest BCUT2D eigenvalue weighted by atomic mass is 9.91. The second-order valence-corrected chi connectivity index (χ2v) is 9.59. The maximum atomic E-state index is 13.4. The Bertz CT molecular complexity index is 1250. The van der Waals surface area contributed by atoms with Gasteiger partial charge in [-0.1, -0.05) is 18.2 Å². The normalized spacial score (nSPS) is 19.5. The summed E-state index contributed by atoms with van der Waals surface area (Å²) in [5.41, 5.74) is 1.02. The summed E-state index contributed by atoms with van der Waals surface area (Å²) in [5.74, 6) is -1.66. The van der Waals surface area contributed by atoms with Crippen molar-refractivity contribution in [2.24, 2.45) is 0 Å². The predicted molar refractivity (Wildman–Crippen MR) is 115 cm³/mol. The zero-order chi connectivity index (χ0) is 23.0. The molecule has 166 valence electrons. The number of anilines is 1. The molecule has 1 aliphatic carbocycles. The minimum Gasteiger partial charge on any atom is -0.300 e. The first-order valence-corrected chi connectivity index (χ1v) is 11.7. The third-order valence-corrected chi connectivity index (χ3v) is 7.09. The van der Waals surface area contributed by atoms with E-state index in [2.05, 4.69) is 11.3 Å². The molecule has 7 nitrogen and oxygen atoms in total. The molecule has 2 amide bonds. The highest BCUT2D eigenvalue weighted by Gasteiger charge is 2.41. The Labute approximate surface area is 185 Å². The Morgan fingerprint density at radius 3 is 2.47 bits per heavy atom. The van der Waals surface area contributed by atoms with Crippen LogP contribution in [0.4, 0.5) is 10.1 Å². The van der Waals surface area contributed by atoms with Crippen LogP contribution in [0.25, 0.3) is 0 Å². The summed E-state index contributed by atoms with van der Waals surface area (Å²) < 4.78 is 40.9. The molecule has 1 N–H and O–H groups in total. The maximum absolute atomic E-state index is 13.4. The second kappa shape index (κ2) is 8.31. The van der Waals surface area contributed by atoms with E-state index in [1.54, 1.807) is 0 Å². The van der Waals surface area contributed by atoms with Gasteiger partial charge in [-0.15, -0.1) is 0 Å². The Morgan fingerprint density at radius 2 is 1.72 bits per heavy atom. The van der Waals surface area contributed by atoms with E-state index in [4.69, 9.17) is 0 Å². The molecule has 4 rings (SSSR count). The monoisotopic (exact) mass is 456 g/mol. The van der Waals surface area contributed by atoms with Gasteiger partial charge < -0.3 is 0 Å². The van der Waals surface area contributed by atoms with Crippen LogP contribution in [0.5, 0.6) is 0 Å². The lowest BCUT2D eigenvalue weighted by Gasteiger charge is -2.29. The molecule has 2 aromatic rings. The van der Waals surface area contributed by atoms with Crippen molar-refractivity contribution in [3.05, 3.63) is 71.6 Å². The van der Waals surface area contributed by atoms with E-state index in [1.807, 2.05) is 0 Å². The molecule has 0 saturated heterocycles.